The Morgan fingerprint density at radius 3 is 2.62 bits per heavy atom. The van der Waals surface area contributed by atoms with Crippen LogP contribution in [0.15, 0.2) is 30.3 Å². The standard InChI is InChI=1S/C21H29NO4/c1-15-20(18(23)14-25-15)22-21(24)19(12-16-8-4-2-5-9-16)26-13-17-10-6-3-7-11-17/h3,6-7,10-11,15-16,19-20H,2,4-5,8-9,12-14H2,1H3,(H,22,24)/t15-,19+,20-/m1/s1. The van der Waals surface area contributed by atoms with Gasteiger partial charge in [-0.3, -0.25) is 9.59 Å². The first-order chi connectivity index (χ1) is 12.6. The first-order valence-corrected chi connectivity index (χ1v) is 9.73. The summed E-state index contributed by atoms with van der Waals surface area (Å²) in [5.74, 6) is 0.260. The predicted molar refractivity (Wildman–Crippen MR) is 98.6 cm³/mol. The molecule has 0 spiro atoms. The lowest BCUT2D eigenvalue weighted by molar-refractivity contribution is -0.137. The van der Waals surface area contributed by atoms with Crippen LogP contribution in [0.3, 0.4) is 0 Å². The lowest BCUT2D eigenvalue weighted by Gasteiger charge is -2.27. The van der Waals surface area contributed by atoms with Crippen molar-refractivity contribution in [1.82, 2.24) is 5.32 Å². The topological polar surface area (TPSA) is 64.6 Å². The summed E-state index contributed by atoms with van der Waals surface area (Å²) in [5.41, 5.74) is 1.04. The van der Waals surface area contributed by atoms with Crippen LogP contribution in [0.1, 0.15) is 51.0 Å². The van der Waals surface area contributed by atoms with Crippen molar-refractivity contribution in [3.8, 4) is 0 Å². The lowest BCUT2D eigenvalue weighted by atomic mass is 9.85. The van der Waals surface area contributed by atoms with Crippen molar-refractivity contribution < 1.29 is 19.1 Å². The highest BCUT2D eigenvalue weighted by molar-refractivity contribution is 5.92. The maximum atomic E-state index is 12.8. The lowest BCUT2D eigenvalue weighted by Crippen LogP contribution is -2.48. The van der Waals surface area contributed by atoms with Crippen LogP contribution < -0.4 is 5.32 Å². The fraction of sp³-hybridized carbons (Fsp3) is 0.619. The minimum atomic E-state index is -0.559. The number of carbonyl (C=O) groups is 2. The van der Waals surface area contributed by atoms with Gasteiger partial charge in [0.25, 0.3) is 0 Å². The molecule has 1 amide bonds. The van der Waals surface area contributed by atoms with Gasteiger partial charge in [0.1, 0.15) is 18.8 Å². The van der Waals surface area contributed by atoms with Crippen molar-refractivity contribution in [2.45, 2.75) is 70.3 Å². The van der Waals surface area contributed by atoms with Gasteiger partial charge in [0, 0.05) is 0 Å². The zero-order valence-corrected chi connectivity index (χ0v) is 15.5. The van der Waals surface area contributed by atoms with Gasteiger partial charge in [-0.15, -0.1) is 0 Å². The number of ketones is 1. The number of benzene rings is 1. The number of nitrogens with one attached hydrogen (secondary N) is 1. The van der Waals surface area contributed by atoms with Gasteiger partial charge in [-0.2, -0.15) is 0 Å². The fourth-order valence-electron chi connectivity index (χ4n) is 3.85. The van der Waals surface area contributed by atoms with E-state index in [1.165, 1.54) is 19.3 Å². The molecule has 1 aliphatic carbocycles. The molecule has 1 saturated carbocycles. The van der Waals surface area contributed by atoms with Crippen molar-refractivity contribution >= 4 is 11.7 Å². The van der Waals surface area contributed by atoms with Gasteiger partial charge in [0.2, 0.25) is 5.91 Å². The number of rotatable bonds is 7. The monoisotopic (exact) mass is 359 g/mol. The minimum absolute atomic E-state index is 0.0645. The Bertz CT molecular complexity index is 597. The number of Topliss-reactive ketones (excluding diaryl/α,β-unsaturated/α-hetero) is 1. The molecule has 0 bridgehead atoms. The molecule has 5 heteroatoms. The molecule has 1 aromatic carbocycles. The first-order valence-electron chi connectivity index (χ1n) is 9.73. The molecule has 2 aliphatic rings. The summed E-state index contributed by atoms with van der Waals surface area (Å²) < 4.78 is 11.3. The Labute approximate surface area is 155 Å². The normalized spacial score (nSPS) is 25.2. The molecule has 1 N–H and O–H groups in total. The summed E-state index contributed by atoms with van der Waals surface area (Å²) in [6, 6.07) is 9.31. The van der Waals surface area contributed by atoms with Crippen LogP contribution in [-0.4, -0.2) is 36.5 Å². The summed E-state index contributed by atoms with van der Waals surface area (Å²) in [6.45, 7) is 2.29. The average molecular weight is 359 g/mol. The maximum absolute atomic E-state index is 12.8. The van der Waals surface area contributed by atoms with Crippen molar-refractivity contribution in [3.63, 3.8) is 0 Å². The van der Waals surface area contributed by atoms with E-state index in [-0.39, 0.29) is 24.4 Å². The molecule has 1 aromatic rings. The molecule has 1 saturated heterocycles. The number of ether oxygens (including phenoxy) is 2. The number of amides is 1. The molecular weight excluding hydrogens is 330 g/mol. The molecule has 0 unspecified atom stereocenters. The Balaban J connectivity index is 1.62. The van der Waals surface area contributed by atoms with Crippen LogP contribution in [0.4, 0.5) is 0 Å². The van der Waals surface area contributed by atoms with E-state index in [0.717, 1.165) is 24.8 Å². The fourth-order valence-corrected chi connectivity index (χ4v) is 3.85. The molecule has 0 radical (unpaired) electrons. The van der Waals surface area contributed by atoms with E-state index in [4.69, 9.17) is 9.47 Å². The summed E-state index contributed by atoms with van der Waals surface area (Å²) in [4.78, 5) is 24.8. The molecule has 3 rings (SSSR count). The predicted octanol–water partition coefficient (Wildman–Crippen LogP) is 3.01. The summed E-state index contributed by atoms with van der Waals surface area (Å²) in [7, 11) is 0. The Hall–Kier alpha value is -1.72. The molecule has 0 aromatic heterocycles. The summed E-state index contributed by atoms with van der Waals surface area (Å²) >= 11 is 0. The Morgan fingerprint density at radius 2 is 1.96 bits per heavy atom. The highest BCUT2D eigenvalue weighted by atomic mass is 16.5. The summed E-state index contributed by atoms with van der Waals surface area (Å²) in [5, 5.41) is 2.87. The van der Waals surface area contributed by atoms with Gasteiger partial charge in [-0.05, 0) is 24.8 Å². The van der Waals surface area contributed by atoms with Crippen molar-refractivity contribution in [2.24, 2.45) is 5.92 Å². The third-order valence-electron chi connectivity index (χ3n) is 5.46. The van der Waals surface area contributed by atoms with Crippen LogP contribution in [0.5, 0.6) is 0 Å². The van der Waals surface area contributed by atoms with Crippen LogP contribution in [0.25, 0.3) is 0 Å². The van der Waals surface area contributed by atoms with Gasteiger partial charge < -0.3 is 14.8 Å². The van der Waals surface area contributed by atoms with E-state index in [0.29, 0.717) is 12.5 Å². The molecule has 3 atom stereocenters. The first kappa shape index (κ1) is 19.1. The Kier molecular flexibility index (Phi) is 6.80. The van der Waals surface area contributed by atoms with Crippen LogP contribution in [0.2, 0.25) is 0 Å². The van der Waals surface area contributed by atoms with Gasteiger partial charge in [-0.1, -0.05) is 62.4 Å². The van der Waals surface area contributed by atoms with Crippen molar-refractivity contribution in [2.75, 3.05) is 6.61 Å². The highest BCUT2D eigenvalue weighted by Crippen LogP contribution is 2.28. The average Bonchev–Trinajstić information content (AvgIpc) is 2.98. The zero-order valence-electron chi connectivity index (χ0n) is 15.5. The largest absolute Gasteiger partial charge is 0.368 e. The second kappa shape index (κ2) is 9.28. The van der Waals surface area contributed by atoms with Crippen molar-refractivity contribution in [1.29, 1.82) is 0 Å². The molecule has 26 heavy (non-hydrogen) atoms. The number of hydrogen-bond donors (Lipinski definition) is 1. The van der Waals surface area contributed by atoms with Gasteiger partial charge in [-0.25, -0.2) is 0 Å². The van der Waals surface area contributed by atoms with E-state index in [9.17, 15) is 9.59 Å². The zero-order chi connectivity index (χ0) is 18.4. The van der Waals surface area contributed by atoms with Gasteiger partial charge in [0.05, 0.1) is 12.7 Å². The number of hydrogen-bond acceptors (Lipinski definition) is 4. The van der Waals surface area contributed by atoms with E-state index < -0.39 is 12.1 Å². The smallest absolute Gasteiger partial charge is 0.249 e. The molecule has 1 aliphatic heterocycles. The second-order valence-corrected chi connectivity index (χ2v) is 7.49. The van der Waals surface area contributed by atoms with E-state index in [1.807, 2.05) is 37.3 Å². The van der Waals surface area contributed by atoms with E-state index >= 15 is 0 Å². The van der Waals surface area contributed by atoms with Crippen LogP contribution in [-0.2, 0) is 25.7 Å². The van der Waals surface area contributed by atoms with Gasteiger partial charge >= 0.3 is 0 Å². The van der Waals surface area contributed by atoms with Crippen LogP contribution in [0, 0.1) is 5.92 Å². The quantitative estimate of drug-likeness (QED) is 0.813. The van der Waals surface area contributed by atoms with Crippen molar-refractivity contribution in [3.05, 3.63) is 35.9 Å². The summed E-state index contributed by atoms with van der Waals surface area (Å²) in [6.07, 6.45) is 5.95. The molecule has 142 valence electrons. The van der Waals surface area contributed by atoms with Gasteiger partial charge in [0.15, 0.2) is 5.78 Å². The molecule has 5 nitrogen and oxygen atoms in total. The van der Waals surface area contributed by atoms with Crippen LogP contribution >= 0.6 is 0 Å². The Morgan fingerprint density at radius 1 is 1.23 bits per heavy atom. The van der Waals surface area contributed by atoms with E-state index in [1.54, 1.807) is 0 Å². The minimum Gasteiger partial charge on any atom is -0.368 e. The third kappa shape index (κ3) is 5.15. The third-order valence-corrected chi connectivity index (χ3v) is 5.46. The molecule has 1 heterocycles. The maximum Gasteiger partial charge on any atom is 0.249 e. The molecular formula is C21H29NO4. The SMILES string of the molecule is C[C@H]1OCC(=O)[C@@H]1NC(=O)[C@H](CC1CCCCC1)OCc1ccccc1. The highest BCUT2D eigenvalue weighted by Gasteiger charge is 2.36. The second-order valence-electron chi connectivity index (χ2n) is 7.49. The number of carbonyl (C=O) groups excluding carboxylic acids is 2. The van der Waals surface area contributed by atoms with E-state index in [2.05, 4.69) is 5.32 Å². The molecule has 2 fully saturated rings.